The zero-order chi connectivity index (χ0) is 14.9. The Labute approximate surface area is 123 Å². The second-order valence-electron chi connectivity index (χ2n) is 6.05. The number of amides is 1. The molecule has 5 nitrogen and oxygen atoms in total. The molecule has 0 radical (unpaired) electrons. The summed E-state index contributed by atoms with van der Waals surface area (Å²) in [5, 5.41) is 8.90. The molecule has 0 bridgehead atoms. The Hall–Kier alpha value is -2.04. The highest BCUT2D eigenvalue weighted by Gasteiger charge is 2.37. The van der Waals surface area contributed by atoms with Gasteiger partial charge in [0.1, 0.15) is 6.26 Å². The zero-order valence-electron chi connectivity index (χ0n) is 11.9. The molecule has 0 aromatic carbocycles. The minimum absolute atomic E-state index is 0.0191. The number of nitrogens with zero attached hydrogens (tertiary/aromatic N) is 1. The number of allylic oxidation sites excluding steroid dienone is 2. The lowest BCUT2D eigenvalue weighted by molar-refractivity contribution is 0.0456. The van der Waals surface area contributed by atoms with Gasteiger partial charge in [0.05, 0.1) is 5.56 Å². The molecule has 0 saturated carbocycles. The van der Waals surface area contributed by atoms with E-state index in [1.165, 1.54) is 6.07 Å². The van der Waals surface area contributed by atoms with Crippen LogP contribution in [-0.2, 0) is 0 Å². The van der Waals surface area contributed by atoms with Gasteiger partial charge in [-0.3, -0.25) is 4.79 Å². The maximum atomic E-state index is 12.5. The number of hydrogen-bond donors (Lipinski definition) is 1. The maximum Gasteiger partial charge on any atom is 0.338 e. The van der Waals surface area contributed by atoms with Gasteiger partial charge in [-0.2, -0.15) is 0 Å². The third-order valence-corrected chi connectivity index (χ3v) is 4.56. The van der Waals surface area contributed by atoms with E-state index < -0.39 is 5.97 Å². The minimum atomic E-state index is -1.08. The lowest BCUT2D eigenvalue weighted by Gasteiger charge is -2.43. The summed E-state index contributed by atoms with van der Waals surface area (Å²) >= 11 is 0. The molecule has 2 aliphatic rings. The zero-order valence-corrected chi connectivity index (χ0v) is 11.9. The summed E-state index contributed by atoms with van der Waals surface area (Å²) in [6, 6.07) is 1.31. The first-order chi connectivity index (χ1) is 10.1. The number of rotatable bonds is 2. The van der Waals surface area contributed by atoms with Gasteiger partial charge in [0, 0.05) is 19.2 Å². The van der Waals surface area contributed by atoms with Crippen LogP contribution in [0.3, 0.4) is 0 Å². The molecule has 1 aromatic heterocycles. The molecule has 1 aliphatic carbocycles. The van der Waals surface area contributed by atoms with Crippen LogP contribution in [0.15, 0.2) is 28.9 Å². The molecule has 1 fully saturated rings. The number of hydrogen-bond acceptors (Lipinski definition) is 3. The summed E-state index contributed by atoms with van der Waals surface area (Å²) < 4.78 is 5.13. The van der Waals surface area contributed by atoms with Crippen molar-refractivity contribution in [1.82, 2.24) is 4.90 Å². The number of carbonyl (C=O) groups excluding carboxylic acids is 1. The van der Waals surface area contributed by atoms with Crippen LogP contribution in [0.1, 0.15) is 53.0 Å². The summed E-state index contributed by atoms with van der Waals surface area (Å²) in [7, 11) is 0. The second kappa shape index (κ2) is 5.39. The van der Waals surface area contributed by atoms with Crippen molar-refractivity contribution >= 4 is 11.9 Å². The fraction of sp³-hybridized carbons (Fsp3) is 0.500. The third-order valence-electron chi connectivity index (χ3n) is 4.56. The summed E-state index contributed by atoms with van der Waals surface area (Å²) in [6.07, 6.45) is 10.9. The molecule has 2 heterocycles. The van der Waals surface area contributed by atoms with Gasteiger partial charge in [0.25, 0.3) is 5.91 Å². The average Bonchev–Trinajstić information content (AvgIpc) is 2.97. The topological polar surface area (TPSA) is 70.7 Å². The summed E-state index contributed by atoms with van der Waals surface area (Å²) in [4.78, 5) is 25.2. The first-order valence-corrected chi connectivity index (χ1v) is 7.36. The Morgan fingerprint density at radius 2 is 2.14 bits per heavy atom. The molecule has 1 aromatic rings. The van der Waals surface area contributed by atoms with Crippen LogP contribution in [0.4, 0.5) is 0 Å². The number of carboxylic acid groups (broad SMARTS) is 1. The number of furan rings is 1. The van der Waals surface area contributed by atoms with Gasteiger partial charge in [0.2, 0.25) is 0 Å². The standard InChI is InChI=1S/C16H19NO4/c18-14(13-9-12(10-21-13)15(19)20)17-8-4-7-16(11-17)5-2-1-3-6-16/h1-2,9-10H,3-8,11H2,(H,19,20). The lowest BCUT2D eigenvalue weighted by atomic mass is 9.71. The summed E-state index contributed by atoms with van der Waals surface area (Å²) in [5.74, 6) is -1.16. The minimum Gasteiger partial charge on any atom is -0.478 e. The van der Waals surface area contributed by atoms with Crippen LogP contribution in [-0.4, -0.2) is 35.0 Å². The number of carboxylic acids is 1. The van der Waals surface area contributed by atoms with Crippen LogP contribution in [0, 0.1) is 5.41 Å². The quantitative estimate of drug-likeness (QED) is 0.850. The van der Waals surface area contributed by atoms with Gasteiger partial charge >= 0.3 is 5.97 Å². The van der Waals surface area contributed by atoms with Gasteiger partial charge in [0.15, 0.2) is 5.76 Å². The van der Waals surface area contributed by atoms with Crippen LogP contribution in [0.25, 0.3) is 0 Å². The molecular formula is C16H19NO4. The van der Waals surface area contributed by atoms with Gasteiger partial charge in [-0.05, 0) is 37.5 Å². The summed E-state index contributed by atoms with van der Waals surface area (Å²) in [6.45, 7) is 1.45. The van der Waals surface area contributed by atoms with E-state index in [1.54, 1.807) is 0 Å². The van der Waals surface area contributed by atoms with Crippen molar-refractivity contribution in [1.29, 1.82) is 0 Å². The number of likely N-dealkylation sites (tertiary alicyclic amines) is 1. The van der Waals surface area contributed by atoms with Crippen molar-refractivity contribution in [3.05, 3.63) is 35.8 Å². The molecule has 3 rings (SSSR count). The molecule has 1 unspecified atom stereocenters. The highest BCUT2D eigenvalue weighted by molar-refractivity contribution is 5.95. The van der Waals surface area contributed by atoms with E-state index in [9.17, 15) is 9.59 Å². The third kappa shape index (κ3) is 2.73. The predicted octanol–water partition coefficient (Wildman–Crippen LogP) is 2.94. The molecule has 1 N–H and O–H groups in total. The maximum absolute atomic E-state index is 12.5. The van der Waals surface area contributed by atoms with Crippen molar-refractivity contribution in [3.8, 4) is 0 Å². The van der Waals surface area contributed by atoms with Crippen LogP contribution in [0.2, 0.25) is 0 Å². The Morgan fingerprint density at radius 1 is 1.29 bits per heavy atom. The highest BCUT2D eigenvalue weighted by atomic mass is 16.4. The van der Waals surface area contributed by atoms with Crippen molar-refractivity contribution in [2.24, 2.45) is 5.41 Å². The molecule has 112 valence electrons. The molecular weight excluding hydrogens is 270 g/mol. The van der Waals surface area contributed by atoms with E-state index in [1.807, 2.05) is 4.90 Å². The Bertz CT molecular complexity index is 589. The molecule has 5 heteroatoms. The van der Waals surface area contributed by atoms with Crippen molar-refractivity contribution in [3.63, 3.8) is 0 Å². The van der Waals surface area contributed by atoms with Crippen LogP contribution in [0.5, 0.6) is 0 Å². The molecule has 21 heavy (non-hydrogen) atoms. The van der Waals surface area contributed by atoms with E-state index in [0.717, 1.165) is 44.9 Å². The highest BCUT2D eigenvalue weighted by Crippen LogP contribution is 2.41. The molecule has 1 atom stereocenters. The first-order valence-electron chi connectivity index (χ1n) is 7.36. The van der Waals surface area contributed by atoms with Crippen LogP contribution >= 0.6 is 0 Å². The van der Waals surface area contributed by atoms with E-state index in [4.69, 9.17) is 9.52 Å². The molecule has 1 aliphatic heterocycles. The average molecular weight is 289 g/mol. The summed E-state index contributed by atoms with van der Waals surface area (Å²) in [5.41, 5.74) is 0.218. The number of carbonyl (C=O) groups is 2. The van der Waals surface area contributed by atoms with E-state index in [0.29, 0.717) is 6.54 Å². The van der Waals surface area contributed by atoms with Gasteiger partial charge in [-0.15, -0.1) is 0 Å². The number of aromatic carboxylic acids is 1. The largest absolute Gasteiger partial charge is 0.478 e. The Morgan fingerprint density at radius 3 is 2.81 bits per heavy atom. The number of piperidine rings is 1. The Kier molecular flexibility index (Phi) is 3.57. The second-order valence-corrected chi connectivity index (χ2v) is 6.05. The van der Waals surface area contributed by atoms with Crippen molar-refractivity contribution in [2.75, 3.05) is 13.1 Å². The van der Waals surface area contributed by atoms with Crippen molar-refractivity contribution in [2.45, 2.75) is 32.1 Å². The van der Waals surface area contributed by atoms with Crippen LogP contribution < -0.4 is 0 Å². The normalized spacial score (nSPS) is 25.2. The van der Waals surface area contributed by atoms with Gasteiger partial charge in [-0.25, -0.2) is 4.79 Å². The fourth-order valence-electron chi connectivity index (χ4n) is 3.41. The van der Waals surface area contributed by atoms with E-state index >= 15 is 0 Å². The Balaban J connectivity index is 1.74. The molecule has 1 saturated heterocycles. The first kappa shape index (κ1) is 13.9. The fourth-order valence-corrected chi connectivity index (χ4v) is 3.41. The van der Waals surface area contributed by atoms with Gasteiger partial charge < -0.3 is 14.4 Å². The van der Waals surface area contributed by atoms with Gasteiger partial charge in [-0.1, -0.05) is 12.2 Å². The van der Waals surface area contributed by atoms with E-state index in [-0.39, 0.29) is 22.6 Å². The van der Waals surface area contributed by atoms with E-state index in [2.05, 4.69) is 12.2 Å². The van der Waals surface area contributed by atoms with Crippen molar-refractivity contribution < 1.29 is 19.1 Å². The monoisotopic (exact) mass is 289 g/mol. The lowest BCUT2D eigenvalue weighted by Crippen LogP contribution is -2.46. The SMILES string of the molecule is O=C(O)c1coc(C(=O)N2CCCC3(CC=CCC3)C2)c1. The smallest absolute Gasteiger partial charge is 0.338 e. The predicted molar refractivity (Wildman–Crippen MR) is 76.2 cm³/mol. The molecule has 1 amide bonds. The molecule has 1 spiro atoms.